The summed E-state index contributed by atoms with van der Waals surface area (Å²) in [5.74, 6) is 5.61. The van der Waals surface area contributed by atoms with Crippen LogP contribution in [0.3, 0.4) is 0 Å². The molecule has 0 spiro atoms. The lowest BCUT2D eigenvalue weighted by atomic mass is 10.2. The maximum Gasteiger partial charge on any atom is 0.127 e. The minimum Gasteiger partial charge on any atom is -0.492 e. The van der Waals surface area contributed by atoms with Crippen LogP contribution in [0, 0.1) is 17.7 Å². The Hall–Kier alpha value is -1.53. The Morgan fingerprint density at radius 3 is 2.87 bits per heavy atom. The molecule has 0 heterocycles. The molecule has 0 bridgehead atoms. The van der Waals surface area contributed by atoms with Gasteiger partial charge in [-0.25, -0.2) is 4.39 Å². The molecular formula is C12H13FO2. The summed E-state index contributed by atoms with van der Waals surface area (Å²) in [7, 11) is 0. The molecule has 0 unspecified atom stereocenters. The zero-order valence-corrected chi connectivity index (χ0v) is 8.59. The quantitative estimate of drug-likeness (QED) is 0.606. The molecule has 1 aromatic carbocycles. The molecule has 15 heavy (non-hydrogen) atoms. The maximum absolute atomic E-state index is 13.0. The second-order valence-electron chi connectivity index (χ2n) is 2.98. The molecule has 1 N–H and O–H groups in total. The van der Waals surface area contributed by atoms with Crippen molar-refractivity contribution in [1.82, 2.24) is 0 Å². The van der Waals surface area contributed by atoms with Crippen LogP contribution in [0.15, 0.2) is 18.2 Å². The number of hydrogen-bond donors (Lipinski definition) is 1. The van der Waals surface area contributed by atoms with Gasteiger partial charge in [-0.15, -0.1) is 11.8 Å². The predicted octanol–water partition coefficient (Wildman–Crippen LogP) is 2.11. The van der Waals surface area contributed by atoms with E-state index in [4.69, 9.17) is 9.84 Å². The van der Waals surface area contributed by atoms with Gasteiger partial charge in [-0.3, -0.25) is 0 Å². The molecule has 2 nitrogen and oxygen atoms in total. The largest absolute Gasteiger partial charge is 0.492 e. The number of halogens is 1. The molecule has 0 radical (unpaired) electrons. The highest BCUT2D eigenvalue weighted by Crippen LogP contribution is 2.16. The second kappa shape index (κ2) is 6.05. The smallest absolute Gasteiger partial charge is 0.127 e. The van der Waals surface area contributed by atoms with E-state index < -0.39 is 5.82 Å². The number of hydrogen-bond acceptors (Lipinski definition) is 2. The molecule has 0 aliphatic heterocycles. The second-order valence-corrected chi connectivity index (χ2v) is 2.98. The van der Waals surface area contributed by atoms with Crippen molar-refractivity contribution in [1.29, 1.82) is 0 Å². The minimum atomic E-state index is -0.405. The zero-order valence-electron chi connectivity index (χ0n) is 8.59. The number of rotatable bonds is 4. The molecule has 0 aromatic heterocycles. The van der Waals surface area contributed by atoms with Crippen LogP contribution in [0.5, 0.6) is 5.75 Å². The summed E-state index contributed by atoms with van der Waals surface area (Å²) in [5.41, 5.74) is 0.506. The standard InChI is InChI=1S/C12H13FO2/c1-2-3-4-5-15-12-7-10(9-14)6-11(13)8-12/h6-8,14H,4-5,9H2,1H3. The van der Waals surface area contributed by atoms with Crippen LogP contribution in [-0.2, 0) is 6.61 Å². The Bertz CT molecular complexity index is 377. The highest BCUT2D eigenvalue weighted by atomic mass is 19.1. The van der Waals surface area contributed by atoms with E-state index >= 15 is 0 Å². The van der Waals surface area contributed by atoms with Crippen molar-refractivity contribution < 1.29 is 14.2 Å². The third-order valence-electron chi connectivity index (χ3n) is 1.79. The fourth-order valence-electron chi connectivity index (χ4n) is 1.14. The van der Waals surface area contributed by atoms with Crippen molar-refractivity contribution in [2.24, 2.45) is 0 Å². The molecule has 3 heteroatoms. The Morgan fingerprint density at radius 2 is 2.20 bits per heavy atom. The average molecular weight is 208 g/mol. The fourth-order valence-corrected chi connectivity index (χ4v) is 1.14. The van der Waals surface area contributed by atoms with Crippen LogP contribution < -0.4 is 4.74 Å². The van der Waals surface area contributed by atoms with Gasteiger partial charge in [0, 0.05) is 12.5 Å². The number of ether oxygens (including phenoxy) is 1. The summed E-state index contributed by atoms with van der Waals surface area (Å²) in [5, 5.41) is 8.85. The van der Waals surface area contributed by atoms with Crippen LogP contribution in [0.1, 0.15) is 18.9 Å². The van der Waals surface area contributed by atoms with Gasteiger partial charge in [0.25, 0.3) is 0 Å². The van der Waals surface area contributed by atoms with Gasteiger partial charge in [0.1, 0.15) is 11.6 Å². The number of aliphatic hydroxyl groups is 1. The van der Waals surface area contributed by atoms with E-state index in [2.05, 4.69) is 11.8 Å². The third kappa shape index (κ3) is 4.01. The van der Waals surface area contributed by atoms with Gasteiger partial charge in [-0.1, -0.05) is 0 Å². The van der Waals surface area contributed by atoms with E-state index in [1.807, 2.05) is 0 Å². The van der Waals surface area contributed by atoms with E-state index in [1.165, 1.54) is 12.1 Å². The van der Waals surface area contributed by atoms with Gasteiger partial charge >= 0.3 is 0 Å². The average Bonchev–Trinajstić information content (AvgIpc) is 2.23. The fraction of sp³-hybridized carbons (Fsp3) is 0.333. The molecule has 0 atom stereocenters. The van der Waals surface area contributed by atoms with Crippen LogP contribution in [-0.4, -0.2) is 11.7 Å². The minimum absolute atomic E-state index is 0.192. The van der Waals surface area contributed by atoms with Gasteiger partial charge in [0.2, 0.25) is 0 Å². The van der Waals surface area contributed by atoms with Crippen molar-refractivity contribution in [3.8, 4) is 17.6 Å². The van der Waals surface area contributed by atoms with Crippen LogP contribution in [0.2, 0.25) is 0 Å². The first kappa shape index (κ1) is 11.5. The highest BCUT2D eigenvalue weighted by Gasteiger charge is 2.00. The maximum atomic E-state index is 13.0. The van der Waals surface area contributed by atoms with Crippen LogP contribution >= 0.6 is 0 Å². The third-order valence-corrected chi connectivity index (χ3v) is 1.79. The number of aliphatic hydroxyl groups excluding tert-OH is 1. The lowest BCUT2D eigenvalue weighted by Gasteiger charge is -2.05. The van der Waals surface area contributed by atoms with Gasteiger partial charge in [0.05, 0.1) is 13.2 Å². The Labute approximate surface area is 88.7 Å². The molecule has 0 fully saturated rings. The van der Waals surface area contributed by atoms with Crippen molar-refractivity contribution in [2.45, 2.75) is 20.0 Å². The summed E-state index contributed by atoms with van der Waals surface area (Å²) in [6.45, 7) is 1.99. The topological polar surface area (TPSA) is 29.5 Å². The van der Waals surface area contributed by atoms with Crippen LogP contribution in [0.4, 0.5) is 4.39 Å². The first-order valence-electron chi connectivity index (χ1n) is 4.69. The highest BCUT2D eigenvalue weighted by molar-refractivity contribution is 5.29. The molecular weight excluding hydrogens is 195 g/mol. The first-order valence-corrected chi connectivity index (χ1v) is 4.69. The normalized spacial score (nSPS) is 9.27. The SMILES string of the molecule is CC#CCCOc1cc(F)cc(CO)c1. The monoisotopic (exact) mass is 208 g/mol. The van der Waals surface area contributed by atoms with E-state index in [0.717, 1.165) is 0 Å². The summed E-state index contributed by atoms with van der Waals surface area (Å²) >= 11 is 0. The van der Waals surface area contributed by atoms with Crippen molar-refractivity contribution in [2.75, 3.05) is 6.61 Å². The summed E-state index contributed by atoms with van der Waals surface area (Å²) < 4.78 is 18.2. The molecule has 0 amide bonds. The van der Waals surface area contributed by atoms with E-state index in [9.17, 15) is 4.39 Å². The lowest BCUT2D eigenvalue weighted by Crippen LogP contribution is -1.97. The van der Waals surface area contributed by atoms with Crippen molar-refractivity contribution in [3.63, 3.8) is 0 Å². The lowest BCUT2D eigenvalue weighted by molar-refractivity contribution is 0.278. The van der Waals surface area contributed by atoms with E-state index in [1.54, 1.807) is 13.0 Å². The first-order chi connectivity index (χ1) is 7.26. The van der Waals surface area contributed by atoms with Crippen molar-refractivity contribution >= 4 is 0 Å². The molecule has 0 aliphatic rings. The van der Waals surface area contributed by atoms with E-state index in [0.29, 0.717) is 24.3 Å². The molecule has 1 rings (SSSR count). The van der Waals surface area contributed by atoms with Gasteiger partial charge < -0.3 is 9.84 Å². The number of benzene rings is 1. The molecule has 80 valence electrons. The van der Waals surface area contributed by atoms with Gasteiger partial charge in [0.15, 0.2) is 0 Å². The summed E-state index contributed by atoms with van der Waals surface area (Å²) in [6, 6.07) is 4.18. The predicted molar refractivity (Wildman–Crippen MR) is 55.9 cm³/mol. The van der Waals surface area contributed by atoms with Crippen molar-refractivity contribution in [3.05, 3.63) is 29.6 Å². The summed E-state index contributed by atoms with van der Waals surface area (Å²) in [4.78, 5) is 0. The van der Waals surface area contributed by atoms with Gasteiger partial charge in [-0.05, 0) is 24.6 Å². The molecule has 1 aromatic rings. The molecule has 0 saturated heterocycles. The molecule has 0 saturated carbocycles. The van der Waals surface area contributed by atoms with Crippen LogP contribution in [0.25, 0.3) is 0 Å². The van der Waals surface area contributed by atoms with E-state index in [-0.39, 0.29) is 6.61 Å². The summed E-state index contributed by atoms with van der Waals surface area (Å²) in [6.07, 6.45) is 0.613. The molecule has 0 aliphatic carbocycles. The Kier molecular flexibility index (Phi) is 4.65. The van der Waals surface area contributed by atoms with Gasteiger partial charge in [-0.2, -0.15) is 0 Å². The Morgan fingerprint density at radius 1 is 1.40 bits per heavy atom. The Balaban J connectivity index is 2.59. The zero-order chi connectivity index (χ0) is 11.1.